The minimum absolute atomic E-state index is 0.117. The maximum Gasteiger partial charge on any atom is 0.354 e. The third-order valence-electron chi connectivity index (χ3n) is 2.41. The van der Waals surface area contributed by atoms with E-state index in [1.54, 1.807) is 12.1 Å². The van der Waals surface area contributed by atoms with Gasteiger partial charge in [0, 0.05) is 0 Å². The molecule has 0 bridgehead atoms. The summed E-state index contributed by atoms with van der Waals surface area (Å²) in [4.78, 5) is 26.6. The zero-order valence-electron chi connectivity index (χ0n) is 9.93. The van der Waals surface area contributed by atoms with Crippen LogP contribution in [0.3, 0.4) is 0 Å². The molecule has 0 spiro atoms. The predicted octanol–water partition coefficient (Wildman–Crippen LogP) is 3.34. The van der Waals surface area contributed by atoms with E-state index in [4.69, 9.17) is 28.3 Å². The molecule has 0 fully saturated rings. The highest BCUT2D eigenvalue weighted by molar-refractivity contribution is 6.44. The van der Waals surface area contributed by atoms with Crippen molar-refractivity contribution < 1.29 is 14.7 Å². The summed E-state index contributed by atoms with van der Waals surface area (Å²) in [6, 6.07) is 8.93. The van der Waals surface area contributed by atoms with Crippen LogP contribution in [0.5, 0.6) is 0 Å². The third-order valence-corrected chi connectivity index (χ3v) is 3.22. The zero-order valence-corrected chi connectivity index (χ0v) is 11.4. The summed E-state index contributed by atoms with van der Waals surface area (Å²) in [7, 11) is 0. The fourth-order valence-electron chi connectivity index (χ4n) is 1.49. The number of amides is 1. The summed E-state index contributed by atoms with van der Waals surface area (Å²) in [5.41, 5.74) is 0.0154. The van der Waals surface area contributed by atoms with Gasteiger partial charge in [0.1, 0.15) is 5.82 Å². The SMILES string of the molecule is O=C(O)c1cccc(NC(=O)c2cccc(Cl)c2Cl)n1. The number of carboxylic acids is 1. The highest BCUT2D eigenvalue weighted by Crippen LogP contribution is 2.26. The van der Waals surface area contributed by atoms with Crippen LogP contribution in [0.25, 0.3) is 0 Å². The summed E-state index contributed by atoms with van der Waals surface area (Å²) < 4.78 is 0. The number of carbonyl (C=O) groups is 2. The summed E-state index contributed by atoms with van der Waals surface area (Å²) >= 11 is 11.8. The number of carboxylic acid groups (broad SMARTS) is 1. The molecular formula is C13H8Cl2N2O3. The Hall–Kier alpha value is -2.11. The Kier molecular flexibility index (Phi) is 4.22. The number of nitrogens with one attached hydrogen (secondary N) is 1. The number of benzene rings is 1. The Balaban J connectivity index is 2.26. The number of aromatic nitrogens is 1. The van der Waals surface area contributed by atoms with Gasteiger partial charge in [-0.3, -0.25) is 4.79 Å². The Morgan fingerprint density at radius 1 is 1.10 bits per heavy atom. The molecule has 0 atom stereocenters. The topological polar surface area (TPSA) is 79.3 Å². The Morgan fingerprint density at radius 3 is 2.50 bits per heavy atom. The van der Waals surface area contributed by atoms with Gasteiger partial charge < -0.3 is 10.4 Å². The molecule has 1 amide bonds. The van der Waals surface area contributed by atoms with Crippen LogP contribution in [-0.4, -0.2) is 22.0 Å². The normalized spacial score (nSPS) is 10.1. The molecule has 20 heavy (non-hydrogen) atoms. The Labute approximate surface area is 124 Å². The number of rotatable bonds is 3. The van der Waals surface area contributed by atoms with Crippen molar-refractivity contribution in [2.75, 3.05) is 5.32 Å². The molecule has 7 heteroatoms. The standard InChI is InChI=1S/C13H8Cl2N2O3/c14-8-4-1-3-7(11(8)15)12(18)17-10-6-2-5-9(16-10)13(19)20/h1-6H,(H,19,20)(H,16,17,18). The van der Waals surface area contributed by atoms with E-state index in [1.165, 1.54) is 24.3 Å². The second kappa shape index (κ2) is 5.90. The molecule has 0 saturated carbocycles. The van der Waals surface area contributed by atoms with Crippen LogP contribution in [0.1, 0.15) is 20.8 Å². The van der Waals surface area contributed by atoms with E-state index in [9.17, 15) is 9.59 Å². The number of halogens is 2. The van der Waals surface area contributed by atoms with Gasteiger partial charge in [-0.15, -0.1) is 0 Å². The number of hydrogen-bond donors (Lipinski definition) is 2. The first-order valence-corrected chi connectivity index (χ1v) is 6.20. The molecule has 5 nitrogen and oxygen atoms in total. The maximum absolute atomic E-state index is 12.0. The van der Waals surface area contributed by atoms with Crippen molar-refractivity contribution in [2.45, 2.75) is 0 Å². The number of carbonyl (C=O) groups excluding carboxylic acids is 1. The van der Waals surface area contributed by atoms with Crippen LogP contribution in [0, 0.1) is 0 Å². The highest BCUT2D eigenvalue weighted by Gasteiger charge is 2.14. The minimum atomic E-state index is -1.18. The van der Waals surface area contributed by atoms with Gasteiger partial charge >= 0.3 is 5.97 Å². The Bertz CT molecular complexity index is 689. The van der Waals surface area contributed by atoms with Crippen molar-refractivity contribution in [2.24, 2.45) is 0 Å². The summed E-state index contributed by atoms with van der Waals surface area (Å²) in [6.07, 6.45) is 0. The molecular weight excluding hydrogens is 303 g/mol. The van der Waals surface area contributed by atoms with E-state index in [0.29, 0.717) is 0 Å². The molecule has 1 aromatic carbocycles. The second-order valence-electron chi connectivity index (χ2n) is 3.77. The van der Waals surface area contributed by atoms with E-state index < -0.39 is 11.9 Å². The van der Waals surface area contributed by atoms with Crippen LogP contribution < -0.4 is 5.32 Å². The van der Waals surface area contributed by atoms with Crippen LogP contribution in [0.2, 0.25) is 10.0 Å². The van der Waals surface area contributed by atoms with Gasteiger partial charge in [-0.25, -0.2) is 9.78 Å². The largest absolute Gasteiger partial charge is 0.477 e. The molecule has 0 aliphatic heterocycles. The molecule has 1 heterocycles. The zero-order chi connectivity index (χ0) is 14.7. The van der Waals surface area contributed by atoms with Crippen molar-refractivity contribution in [1.29, 1.82) is 0 Å². The summed E-state index contributed by atoms with van der Waals surface area (Å²) in [5, 5.41) is 11.7. The van der Waals surface area contributed by atoms with Crippen LogP contribution in [0.4, 0.5) is 5.82 Å². The number of anilines is 1. The van der Waals surface area contributed by atoms with E-state index in [2.05, 4.69) is 10.3 Å². The van der Waals surface area contributed by atoms with Gasteiger partial charge in [-0.05, 0) is 24.3 Å². The first-order chi connectivity index (χ1) is 9.49. The van der Waals surface area contributed by atoms with Crippen molar-refractivity contribution in [3.63, 3.8) is 0 Å². The average Bonchev–Trinajstić information content (AvgIpc) is 2.42. The molecule has 0 saturated heterocycles. The fourth-order valence-corrected chi connectivity index (χ4v) is 1.87. The van der Waals surface area contributed by atoms with E-state index in [1.807, 2.05) is 0 Å². The molecule has 0 aliphatic carbocycles. The summed E-state index contributed by atoms with van der Waals surface area (Å²) in [5.74, 6) is -1.58. The smallest absolute Gasteiger partial charge is 0.354 e. The fraction of sp³-hybridized carbons (Fsp3) is 0. The average molecular weight is 311 g/mol. The van der Waals surface area contributed by atoms with E-state index >= 15 is 0 Å². The molecule has 0 radical (unpaired) electrons. The molecule has 2 rings (SSSR count). The number of hydrogen-bond acceptors (Lipinski definition) is 3. The lowest BCUT2D eigenvalue weighted by atomic mass is 10.2. The van der Waals surface area contributed by atoms with E-state index in [0.717, 1.165) is 0 Å². The predicted molar refractivity (Wildman–Crippen MR) is 75.6 cm³/mol. The Morgan fingerprint density at radius 2 is 1.80 bits per heavy atom. The van der Waals surface area contributed by atoms with Crippen molar-refractivity contribution >= 4 is 40.9 Å². The van der Waals surface area contributed by atoms with Gasteiger partial charge in [0.15, 0.2) is 5.69 Å². The van der Waals surface area contributed by atoms with Gasteiger partial charge in [0.2, 0.25) is 0 Å². The van der Waals surface area contributed by atoms with Crippen LogP contribution >= 0.6 is 23.2 Å². The lowest BCUT2D eigenvalue weighted by Crippen LogP contribution is -2.14. The molecule has 2 aromatic rings. The first kappa shape index (κ1) is 14.3. The maximum atomic E-state index is 12.0. The first-order valence-electron chi connectivity index (χ1n) is 5.45. The lowest BCUT2D eigenvalue weighted by molar-refractivity contribution is 0.0690. The molecule has 0 aliphatic rings. The second-order valence-corrected chi connectivity index (χ2v) is 4.55. The van der Waals surface area contributed by atoms with Crippen molar-refractivity contribution in [1.82, 2.24) is 4.98 Å². The molecule has 102 valence electrons. The van der Waals surface area contributed by atoms with Gasteiger partial charge in [0.25, 0.3) is 5.91 Å². The van der Waals surface area contributed by atoms with Gasteiger partial charge in [0.05, 0.1) is 15.6 Å². The minimum Gasteiger partial charge on any atom is -0.477 e. The quantitative estimate of drug-likeness (QED) is 0.911. The van der Waals surface area contributed by atoms with Crippen LogP contribution in [0.15, 0.2) is 36.4 Å². The van der Waals surface area contributed by atoms with E-state index in [-0.39, 0.29) is 27.1 Å². The molecule has 0 unspecified atom stereocenters. The summed E-state index contributed by atoms with van der Waals surface area (Å²) in [6.45, 7) is 0. The van der Waals surface area contributed by atoms with Crippen molar-refractivity contribution in [3.8, 4) is 0 Å². The third kappa shape index (κ3) is 3.07. The van der Waals surface area contributed by atoms with Crippen molar-refractivity contribution in [3.05, 3.63) is 57.7 Å². The monoisotopic (exact) mass is 310 g/mol. The molecule has 1 aromatic heterocycles. The van der Waals surface area contributed by atoms with Gasteiger partial charge in [-0.2, -0.15) is 0 Å². The number of nitrogens with zero attached hydrogens (tertiary/aromatic N) is 1. The number of aromatic carboxylic acids is 1. The lowest BCUT2D eigenvalue weighted by Gasteiger charge is -2.07. The highest BCUT2D eigenvalue weighted by atomic mass is 35.5. The van der Waals surface area contributed by atoms with Crippen LogP contribution in [-0.2, 0) is 0 Å². The molecule has 2 N–H and O–H groups in total. The van der Waals surface area contributed by atoms with Gasteiger partial charge in [-0.1, -0.05) is 35.3 Å². The number of pyridine rings is 1.